The molecule has 4 atom stereocenters. The minimum absolute atomic E-state index is 0.0933. The molecule has 3 heterocycles. The second kappa shape index (κ2) is 9.63. The lowest BCUT2D eigenvalue weighted by Crippen LogP contribution is -2.36. The van der Waals surface area contributed by atoms with Crippen molar-refractivity contribution in [1.29, 1.82) is 0 Å². The van der Waals surface area contributed by atoms with E-state index < -0.39 is 38.5 Å². The van der Waals surface area contributed by atoms with Crippen molar-refractivity contribution in [3.05, 3.63) is 17.5 Å². The molecule has 0 bridgehead atoms. The molecule has 0 unspecified atom stereocenters. The number of anilines is 1. The minimum atomic E-state index is -4.35. The monoisotopic (exact) mass is 516 g/mol. The van der Waals surface area contributed by atoms with Gasteiger partial charge in [-0.05, 0) is 49.3 Å². The van der Waals surface area contributed by atoms with Crippen LogP contribution in [0, 0.1) is 5.92 Å². The molecular weight excluding hydrogens is 487 g/mol. The predicted octanol–water partition coefficient (Wildman–Crippen LogP) is 2.01. The molecule has 4 N–H and O–H groups in total. The number of hydrogen-bond donors (Lipinski definition) is 4. The lowest BCUT2D eigenvalue weighted by atomic mass is 10.1. The summed E-state index contributed by atoms with van der Waals surface area (Å²) in [6.45, 7) is 0.648. The first kappa shape index (κ1) is 24.4. The Bertz CT molecular complexity index is 1070. The van der Waals surface area contributed by atoms with Crippen LogP contribution in [0.4, 0.5) is 5.82 Å². The molecule has 2 aliphatic carbocycles. The second-order valence-corrected chi connectivity index (χ2v) is 11.4. The first-order chi connectivity index (χ1) is 16.2. The summed E-state index contributed by atoms with van der Waals surface area (Å²) in [4.78, 5) is 29.3. The summed E-state index contributed by atoms with van der Waals surface area (Å²) in [6.07, 6.45) is 3.45. The van der Waals surface area contributed by atoms with E-state index in [0.29, 0.717) is 17.6 Å². The number of rotatable bonds is 9. The number of aromatic nitrogens is 3. The standard InChI is InChI=1S/C21H30ClN4O7P/c22-21-23-18-14(19(24-21)26(9-12-5-6-12)13-3-1-2-4-13)7-8-25(18)20-17(28)16(27)15(33-20)10-32-11-34(29,30)31/h7-8,12-13,15-17,20,27-28H,1-6,9-11H2,(H2,29,30,31)/t15-,16-,17-,20-/m1/s1. The van der Waals surface area contributed by atoms with Gasteiger partial charge < -0.3 is 38.9 Å². The summed E-state index contributed by atoms with van der Waals surface area (Å²) in [5, 5.41) is 22.0. The Morgan fingerprint density at radius 2 is 1.91 bits per heavy atom. The molecule has 0 radical (unpaired) electrons. The van der Waals surface area contributed by atoms with Gasteiger partial charge in [0.1, 0.15) is 36.1 Å². The maximum absolute atomic E-state index is 11.0. The maximum atomic E-state index is 11.0. The van der Waals surface area contributed by atoms with E-state index in [1.807, 2.05) is 6.07 Å². The van der Waals surface area contributed by atoms with E-state index in [-0.39, 0.29) is 11.9 Å². The van der Waals surface area contributed by atoms with Gasteiger partial charge in [-0.15, -0.1) is 0 Å². The quantitative estimate of drug-likeness (QED) is 0.288. The fourth-order valence-corrected chi connectivity index (χ4v) is 5.51. The van der Waals surface area contributed by atoms with Crippen molar-refractivity contribution in [2.24, 2.45) is 5.92 Å². The van der Waals surface area contributed by atoms with E-state index in [1.54, 1.807) is 10.8 Å². The Balaban J connectivity index is 1.42. The van der Waals surface area contributed by atoms with E-state index in [9.17, 15) is 14.8 Å². The number of halogens is 1. The third kappa shape index (κ3) is 5.12. The van der Waals surface area contributed by atoms with Crippen LogP contribution in [0.1, 0.15) is 44.8 Å². The van der Waals surface area contributed by atoms with Crippen LogP contribution in [-0.4, -0.2) is 78.4 Å². The van der Waals surface area contributed by atoms with Crippen LogP contribution in [0.15, 0.2) is 12.3 Å². The Morgan fingerprint density at radius 3 is 2.59 bits per heavy atom. The summed E-state index contributed by atoms with van der Waals surface area (Å²) in [5.41, 5.74) is 0.488. The van der Waals surface area contributed by atoms with Gasteiger partial charge in [-0.2, -0.15) is 9.97 Å². The number of aliphatic hydroxyl groups excluding tert-OH is 2. The van der Waals surface area contributed by atoms with Crippen molar-refractivity contribution < 1.29 is 34.0 Å². The molecule has 0 aromatic carbocycles. The molecule has 13 heteroatoms. The number of nitrogens with zero attached hydrogens (tertiary/aromatic N) is 4. The topological polar surface area (TPSA) is 150 Å². The summed E-state index contributed by atoms with van der Waals surface area (Å²) in [6, 6.07) is 2.28. The summed E-state index contributed by atoms with van der Waals surface area (Å²) in [7, 11) is -4.35. The first-order valence-electron chi connectivity index (χ1n) is 11.7. The lowest BCUT2D eigenvalue weighted by molar-refractivity contribution is -0.0610. The van der Waals surface area contributed by atoms with Gasteiger partial charge in [0.2, 0.25) is 5.28 Å². The molecule has 1 saturated heterocycles. The minimum Gasteiger partial charge on any atom is -0.387 e. The zero-order valence-electron chi connectivity index (χ0n) is 18.6. The Labute approximate surface area is 201 Å². The molecule has 0 amide bonds. The average molecular weight is 517 g/mol. The highest BCUT2D eigenvalue weighted by atomic mass is 35.5. The van der Waals surface area contributed by atoms with Gasteiger partial charge in [-0.25, -0.2) is 0 Å². The molecule has 11 nitrogen and oxygen atoms in total. The molecule has 2 saturated carbocycles. The van der Waals surface area contributed by atoms with E-state index in [4.69, 9.17) is 30.9 Å². The SMILES string of the molecule is O=P(O)(O)COC[C@H]1O[C@@H](n2ccc3c(N(CC4CC4)C4CCCC4)nc(Cl)nc32)[C@H](O)[C@@H]1O. The lowest BCUT2D eigenvalue weighted by Gasteiger charge is -2.31. The number of fused-ring (bicyclic) bond motifs is 1. The van der Waals surface area contributed by atoms with Gasteiger partial charge in [0.25, 0.3) is 0 Å². The van der Waals surface area contributed by atoms with Crippen molar-refractivity contribution in [2.75, 3.05) is 24.4 Å². The van der Waals surface area contributed by atoms with Crippen molar-refractivity contribution >= 4 is 36.0 Å². The van der Waals surface area contributed by atoms with Crippen molar-refractivity contribution in [3.8, 4) is 0 Å². The van der Waals surface area contributed by atoms with Crippen LogP contribution in [0.25, 0.3) is 11.0 Å². The van der Waals surface area contributed by atoms with E-state index in [1.165, 1.54) is 25.7 Å². The molecule has 2 aromatic rings. The maximum Gasteiger partial charge on any atom is 0.350 e. The van der Waals surface area contributed by atoms with Crippen LogP contribution < -0.4 is 4.90 Å². The molecule has 2 aromatic heterocycles. The normalized spacial score (nSPS) is 28.3. The molecule has 0 spiro atoms. The van der Waals surface area contributed by atoms with Gasteiger partial charge >= 0.3 is 7.60 Å². The number of ether oxygens (including phenoxy) is 2. The van der Waals surface area contributed by atoms with Gasteiger partial charge in [0.05, 0.1) is 12.0 Å². The third-order valence-corrected chi connectivity index (χ3v) is 7.55. The molecule has 5 rings (SSSR count). The van der Waals surface area contributed by atoms with Crippen LogP contribution in [0.5, 0.6) is 0 Å². The van der Waals surface area contributed by atoms with Crippen LogP contribution in [0.2, 0.25) is 5.28 Å². The van der Waals surface area contributed by atoms with E-state index in [0.717, 1.165) is 30.6 Å². The van der Waals surface area contributed by atoms with Crippen molar-refractivity contribution in [1.82, 2.24) is 14.5 Å². The average Bonchev–Trinajstić information content (AvgIpc) is 3.15. The fraction of sp³-hybridized carbons (Fsp3) is 0.714. The zero-order chi connectivity index (χ0) is 24.0. The molecule has 1 aliphatic heterocycles. The zero-order valence-corrected chi connectivity index (χ0v) is 20.3. The highest BCUT2D eigenvalue weighted by molar-refractivity contribution is 7.51. The molecular formula is C21H30ClN4O7P. The van der Waals surface area contributed by atoms with Crippen LogP contribution >= 0.6 is 19.2 Å². The van der Waals surface area contributed by atoms with E-state index in [2.05, 4.69) is 14.9 Å². The molecule has 188 valence electrons. The van der Waals surface area contributed by atoms with Gasteiger partial charge in [0.15, 0.2) is 6.23 Å². The highest BCUT2D eigenvalue weighted by Crippen LogP contribution is 2.40. The third-order valence-electron chi connectivity index (χ3n) is 6.87. The smallest absolute Gasteiger partial charge is 0.350 e. The van der Waals surface area contributed by atoms with Gasteiger partial charge in [-0.3, -0.25) is 4.57 Å². The van der Waals surface area contributed by atoms with Crippen LogP contribution in [-0.2, 0) is 14.0 Å². The van der Waals surface area contributed by atoms with Gasteiger partial charge in [0, 0.05) is 18.8 Å². The largest absolute Gasteiger partial charge is 0.387 e. The summed E-state index contributed by atoms with van der Waals surface area (Å²) < 4.78 is 23.5. The first-order valence-corrected chi connectivity index (χ1v) is 13.8. The second-order valence-electron chi connectivity index (χ2n) is 9.52. The molecule has 3 fully saturated rings. The highest BCUT2D eigenvalue weighted by Gasteiger charge is 2.44. The Hall–Kier alpha value is -1.30. The van der Waals surface area contributed by atoms with Crippen LogP contribution in [0.3, 0.4) is 0 Å². The van der Waals surface area contributed by atoms with Crippen molar-refractivity contribution in [3.63, 3.8) is 0 Å². The Morgan fingerprint density at radius 1 is 1.18 bits per heavy atom. The Kier molecular flexibility index (Phi) is 6.91. The fourth-order valence-electron chi connectivity index (χ4n) is 5.00. The van der Waals surface area contributed by atoms with E-state index >= 15 is 0 Å². The number of hydrogen-bond acceptors (Lipinski definition) is 8. The van der Waals surface area contributed by atoms with Crippen molar-refractivity contribution in [2.45, 2.75) is 69.1 Å². The van der Waals surface area contributed by atoms with Gasteiger partial charge in [-0.1, -0.05) is 12.8 Å². The summed E-state index contributed by atoms with van der Waals surface area (Å²) in [5.74, 6) is 1.44. The molecule has 34 heavy (non-hydrogen) atoms. The molecule has 3 aliphatic rings. The predicted molar refractivity (Wildman–Crippen MR) is 124 cm³/mol. The number of aliphatic hydroxyl groups is 2. The summed E-state index contributed by atoms with van der Waals surface area (Å²) >= 11 is 6.36.